The van der Waals surface area contributed by atoms with Gasteiger partial charge in [0.2, 0.25) is 0 Å². The van der Waals surface area contributed by atoms with Gasteiger partial charge in [0.25, 0.3) is 0 Å². The molecule has 0 amide bonds. The summed E-state index contributed by atoms with van der Waals surface area (Å²) in [5.74, 6) is -2.85. The fourth-order valence-corrected chi connectivity index (χ4v) is 6.12. The molecule has 0 radical (unpaired) electrons. The molecule has 1 aliphatic rings. The summed E-state index contributed by atoms with van der Waals surface area (Å²) in [6.45, 7) is 10.7. The number of benzene rings is 4. The number of esters is 6. The molecule has 0 saturated carbocycles. The summed E-state index contributed by atoms with van der Waals surface area (Å²) >= 11 is 0. The molecule has 0 N–H and O–H groups in total. The minimum atomic E-state index is -0.608. The topological polar surface area (TPSA) is 195 Å². The van der Waals surface area contributed by atoms with Gasteiger partial charge in [-0.15, -0.1) is 0 Å². The molecule has 1 aliphatic carbocycles. The minimum absolute atomic E-state index is 0.0164. The summed E-state index contributed by atoms with van der Waals surface area (Å²) < 4.78 is 52.7. The van der Waals surface area contributed by atoms with Crippen LogP contribution in [0.2, 0.25) is 0 Å². The van der Waals surface area contributed by atoms with E-state index in [1.54, 1.807) is 24.3 Å². The van der Waals surface area contributed by atoms with Gasteiger partial charge in [0.05, 0.1) is 75.1 Å². The molecule has 4 aromatic rings. The van der Waals surface area contributed by atoms with Crippen LogP contribution >= 0.6 is 0 Å². The number of rotatable bonds is 26. The quantitative estimate of drug-likeness (QED) is 0.0231. The Labute approximate surface area is 369 Å². The van der Waals surface area contributed by atoms with E-state index in [1.807, 2.05) is 19.1 Å². The molecule has 16 heteroatoms. The Morgan fingerprint density at radius 2 is 0.719 bits per heavy atom. The van der Waals surface area contributed by atoms with E-state index in [0.717, 1.165) is 34.4 Å². The third-order valence-electron chi connectivity index (χ3n) is 9.35. The highest BCUT2D eigenvalue weighted by Gasteiger charge is 2.27. The highest BCUT2D eigenvalue weighted by Crippen LogP contribution is 2.47. The lowest BCUT2D eigenvalue weighted by Crippen LogP contribution is -2.15. The molecular formula is C48H48O16. The first kappa shape index (κ1) is 48.1. The van der Waals surface area contributed by atoms with E-state index < -0.39 is 35.8 Å². The normalized spacial score (nSPS) is 11.4. The van der Waals surface area contributed by atoms with Gasteiger partial charge in [0, 0.05) is 18.1 Å². The fourth-order valence-electron chi connectivity index (χ4n) is 6.12. The van der Waals surface area contributed by atoms with Crippen LogP contribution in [-0.4, -0.2) is 115 Å². The predicted molar refractivity (Wildman–Crippen MR) is 228 cm³/mol. The van der Waals surface area contributed by atoms with Crippen LogP contribution < -0.4 is 9.47 Å². The SMILES string of the molecule is C=CC(=O)OCCOCCOCCOC(=O)c1ccc(C(=O)Oc2ccc3c(c2)C(C)c2cc(OC(=O)c4ccc(C(=O)OCCOCCOCCOC(=O)C=C)cc4)ccc2-3)cc1. The van der Waals surface area contributed by atoms with Crippen LogP contribution in [0.3, 0.4) is 0 Å². The van der Waals surface area contributed by atoms with Gasteiger partial charge in [0.1, 0.15) is 37.9 Å². The lowest BCUT2D eigenvalue weighted by molar-refractivity contribution is -0.140. The van der Waals surface area contributed by atoms with Crippen molar-refractivity contribution in [3.05, 3.63) is 144 Å². The van der Waals surface area contributed by atoms with Crippen molar-refractivity contribution in [3.8, 4) is 22.6 Å². The van der Waals surface area contributed by atoms with E-state index in [0.29, 0.717) is 11.5 Å². The molecule has 16 nitrogen and oxygen atoms in total. The van der Waals surface area contributed by atoms with Gasteiger partial charge < -0.3 is 47.4 Å². The Kier molecular flexibility index (Phi) is 18.9. The molecule has 4 aromatic carbocycles. The number of carbonyl (C=O) groups excluding carboxylic acids is 6. The van der Waals surface area contributed by atoms with Gasteiger partial charge in [-0.25, -0.2) is 28.8 Å². The highest BCUT2D eigenvalue weighted by molar-refractivity contribution is 5.95. The lowest BCUT2D eigenvalue weighted by Gasteiger charge is -2.10. The molecular weight excluding hydrogens is 833 g/mol. The Bertz CT molecular complexity index is 2110. The van der Waals surface area contributed by atoms with Crippen LogP contribution in [0.25, 0.3) is 11.1 Å². The third-order valence-corrected chi connectivity index (χ3v) is 9.35. The van der Waals surface area contributed by atoms with Crippen molar-refractivity contribution >= 4 is 35.8 Å². The minimum Gasteiger partial charge on any atom is -0.460 e. The average molecular weight is 881 g/mol. The second-order valence-electron chi connectivity index (χ2n) is 13.6. The summed E-state index contributed by atoms with van der Waals surface area (Å²) in [6, 6.07) is 22.6. The van der Waals surface area contributed by atoms with Crippen LogP contribution in [-0.2, 0) is 47.5 Å². The van der Waals surface area contributed by atoms with E-state index in [-0.39, 0.29) is 107 Å². The molecule has 0 saturated heterocycles. The summed E-state index contributed by atoms with van der Waals surface area (Å²) in [5.41, 5.74) is 4.73. The van der Waals surface area contributed by atoms with Crippen molar-refractivity contribution in [2.45, 2.75) is 12.8 Å². The first-order chi connectivity index (χ1) is 31.1. The summed E-state index contributed by atoms with van der Waals surface area (Å²) in [7, 11) is 0. The molecule has 0 spiro atoms. The summed E-state index contributed by atoms with van der Waals surface area (Å²) in [4.78, 5) is 73.0. The molecule has 64 heavy (non-hydrogen) atoms. The first-order valence-corrected chi connectivity index (χ1v) is 20.2. The Morgan fingerprint density at radius 3 is 1.05 bits per heavy atom. The highest BCUT2D eigenvalue weighted by atomic mass is 16.6. The van der Waals surface area contributed by atoms with Gasteiger partial charge >= 0.3 is 35.8 Å². The molecule has 0 bridgehead atoms. The second-order valence-corrected chi connectivity index (χ2v) is 13.6. The van der Waals surface area contributed by atoms with Gasteiger partial charge in [-0.1, -0.05) is 32.2 Å². The first-order valence-electron chi connectivity index (χ1n) is 20.2. The molecule has 0 heterocycles. The van der Waals surface area contributed by atoms with Gasteiger partial charge in [-0.05, 0) is 95.1 Å². The van der Waals surface area contributed by atoms with Gasteiger partial charge in [-0.3, -0.25) is 0 Å². The number of hydrogen-bond acceptors (Lipinski definition) is 16. The van der Waals surface area contributed by atoms with Crippen LogP contribution in [0.1, 0.15) is 65.4 Å². The molecule has 0 atom stereocenters. The molecule has 0 aliphatic heterocycles. The number of ether oxygens (including phenoxy) is 10. The zero-order chi connectivity index (χ0) is 45.7. The van der Waals surface area contributed by atoms with E-state index in [4.69, 9.17) is 47.4 Å². The number of hydrogen-bond donors (Lipinski definition) is 0. The molecule has 336 valence electrons. The van der Waals surface area contributed by atoms with Crippen LogP contribution in [0.5, 0.6) is 11.5 Å². The van der Waals surface area contributed by atoms with Gasteiger partial charge in [0.15, 0.2) is 0 Å². The Hall–Kier alpha value is -6.98. The van der Waals surface area contributed by atoms with Crippen molar-refractivity contribution in [2.75, 3.05) is 79.3 Å². The zero-order valence-electron chi connectivity index (χ0n) is 35.2. The van der Waals surface area contributed by atoms with Crippen molar-refractivity contribution in [1.29, 1.82) is 0 Å². The maximum absolute atomic E-state index is 13.1. The summed E-state index contributed by atoms with van der Waals surface area (Å²) in [5, 5.41) is 0. The smallest absolute Gasteiger partial charge is 0.343 e. The molecule has 0 fully saturated rings. The Balaban J connectivity index is 1.02. The summed E-state index contributed by atoms with van der Waals surface area (Å²) in [6.07, 6.45) is 2.14. The maximum atomic E-state index is 13.1. The largest absolute Gasteiger partial charge is 0.460 e. The van der Waals surface area contributed by atoms with Crippen molar-refractivity contribution in [1.82, 2.24) is 0 Å². The van der Waals surface area contributed by atoms with E-state index >= 15 is 0 Å². The van der Waals surface area contributed by atoms with E-state index in [2.05, 4.69) is 13.2 Å². The fraction of sp³-hybridized carbons (Fsp3) is 0.292. The second kappa shape index (κ2) is 25.2. The van der Waals surface area contributed by atoms with Crippen molar-refractivity contribution in [2.24, 2.45) is 0 Å². The lowest BCUT2D eigenvalue weighted by atomic mass is 9.99. The van der Waals surface area contributed by atoms with Crippen LogP contribution in [0.4, 0.5) is 0 Å². The monoisotopic (exact) mass is 880 g/mol. The van der Waals surface area contributed by atoms with Crippen LogP contribution in [0.15, 0.2) is 110 Å². The standard InChI is InChI=1S/C48H48O16/c1-4-43(49)59-26-22-55-18-20-57-24-28-61-45(51)33-6-10-35(11-7-33)47(53)63-37-14-16-39-40-17-15-38(31-42(40)32(3)41(39)30-37)64-48(54)36-12-8-34(9-13-36)46(52)62-29-25-58-21-19-56-23-27-60-44(50)5-2/h4-17,30-32H,1-2,18-29H2,3H3. The van der Waals surface area contributed by atoms with Crippen molar-refractivity contribution in [3.63, 3.8) is 0 Å². The Morgan fingerprint density at radius 1 is 0.422 bits per heavy atom. The van der Waals surface area contributed by atoms with E-state index in [9.17, 15) is 28.8 Å². The van der Waals surface area contributed by atoms with E-state index in [1.165, 1.54) is 48.5 Å². The zero-order valence-corrected chi connectivity index (χ0v) is 35.2. The third kappa shape index (κ3) is 14.6. The number of carbonyl (C=O) groups is 6. The number of fused-ring (bicyclic) bond motifs is 3. The maximum Gasteiger partial charge on any atom is 0.343 e. The average Bonchev–Trinajstić information content (AvgIpc) is 3.59. The molecule has 5 rings (SSSR count). The molecule has 0 unspecified atom stereocenters. The molecule has 0 aromatic heterocycles. The van der Waals surface area contributed by atoms with Crippen molar-refractivity contribution < 1.29 is 76.1 Å². The van der Waals surface area contributed by atoms with Gasteiger partial charge in [-0.2, -0.15) is 0 Å². The van der Waals surface area contributed by atoms with Crippen LogP contribution in [0, 0.1) is 0 Å². The predicted octanol–water partition coefficient (Wildman–Crippen LogP) is 6.10.